The van der Waals surface area contributed by atoms with Crippen LogP contribution in [0.2, 0.25) is 5.02 Å². The van der Waals surface area contributed by atoms with E-state index in [0.717, 1.165) is 11.3 Å². The molecule has 0 amide bonds. The summed E-state index contributed by atoms with van der Waals surface area (Å²) in [5, 5.41) is 4.81. The van der Waals surface area contributed by atoms with Gasteiger partial charge in [-0.1, -0.05) is 29.8 Å². The van der Waals surface area contributed by atoms with Gasteiger partial charge in [0.25, 0.3) is 0 Å². The number of ketones is 1. The molecule has 3 rings (SSSR count). The molecule has 21 heavy (non-hydrogen) atoms. The van der Waals surface area contributed by atoms with E-state index in [2.05, 4.69) is 10.1 Å². The van der Waals surface area contributed by atoms with E-state index in [1.54, 1.807) is 29.2 Å². The second-order valence-electron chi connectivity index (χ2n) is 4.55. The summed E-state index contributed by atoms with van der Waals surface area (Å²) < 4.78 is 1.68. The Labute approximate surface area is 127 Å². The van der Waals surface area contributed by atoms with Crippen LogP contribution in [0, 0.1) is 0 Å². The molecule has 0 radical (unpaired) electrons. The molecule has 4 nitrogen and oxygen atoms in total. The van der Waals surface area contributed by atoms with Crippen molar-refractivity contribution in [2.24, 2.45) is 0 Å². The van der Waals surface area contributed by atoms with Crippen molar-refractivity contribution >= 4 is 17.4 Å². The highest BCUT2D eigenvalue weighted by Crippen LogP contribution is 2.16. The molecule has 0 aliphatic rings. The van der Waals surface area contributed by atoms with E-state index in [1.807, 2.05) is 30.3 Å². The Morgan fingerprint density at radius 1 is 1.14 bits per heavy atom. The van der Waals surface area contributed by atoms with Crippen LogP contribution in [-0.2, 0) is 6.42 Å². The van der Waals surface area contributed by atoms with E-state index >= 15 is 0 Å². The lowest BCUT2D eigenvalue weighted by Crippen LogP contribution is -2.06. The molecule has 0 atom stereocenters. The van der Waals surface area contributed by atoms with Gasteiger partial charge in [0.05, 0.1) is 10.7 Å². The van der Waals surface area contributed by atoms with Gasteiger partial charge in [-0.3, -0.25) is 9.78 Å². The number of carbonyl (C=O) groups excluding carboxylic acids is 1. The van der Waals surface area contributed by atoms with Gasteiger partial charge in [-0.2, -0.15) is 5.10 Å². The smallest absolute Gasteiger partial charge is 0.187 e. The third kappa shape index (κ3) is 3.01. The fourth-order valence-corrected chi connectivity index (χ4v) is 2.19. The largest absolute Gasteiger partial charge is 0.292 e. The van der Waals surface area contributed by atoms with Gasteiger partial charge in [-0.25, -0.2) is 4.68 Å². The number of para-hydroxylation sites is 1. The van der Waals surface area contributed by atoms with Gasteiger partial charge in [0.15, 0.2) is 5.78 Å². The van der Waals surface area contributed by atoms with Crippen LogP contribution in [0.5, 0.6) is 0 Å². The Balaban J connectivity index is 1.80. The van der Waals surface area contributed by atoms with Crippen molar-refractivity contribution in [1.29, 1.82) is 0 Å². The average molecular weight is 298 g/mol. The van der Waals surface area contributed by atoms with Gasteiger partial charge in [-0.05, 0) is 29.8 Å². The Hall–Kier alpha value is -2.46. The molecule has 0 fully saturated rings. The first-order valence-electron chi connectivity index (χ1n) is 6.47. The highest BCUT2D eigenvalue weighted by Gasteiger charge is 2.13. The predicted octanol–water partition coefficient (Wildman–Crippen LogP) is 3.35. The maximum atomic E-state index is 12.3. The topological polar surface area (TPSA) is 47.8 Å². The number of hydrogen-bond donors (Lipinski definition) is 0. The molecule has 3 aromatic rings. The zero-order valence-corrected chi connectivity index (χ0v) is 11.9. The standard InChI is InChI=1S/C16H12ClN3O/c17-14-11-18-8-6-12(14)10-16(21)15-7-9-20(19-15)13-4-2-1-3-5-13/h1-9,11H,10H2. The first-order chi connectivity index (χ1) is 10.2. The van der Waals surface area contributed by atoms with Crippen LogP contribution in [0.1, 0.15) is 16.1 Å². The van der Waals surface area contributed by atoms with Gasteiger partial charge in [0.1, 0.15) is 5.69 Å². The van der Waals surface area contributed by atoms with Crippen LogP contribution in [-0.4, -0.2) is 20.5 Å². The van der Waals surface area contributed by atoms with Gasteiger partial charge in [0, 0.05) is 25.0 Å². The molecule has 0 spiro atoms. The van der Waals surface area contributed by atoms with Crippen LogP contribution in [0.4, 0.5) is 0 Å². The molecule has 0 N–H and O–H groups in total. The Bertz CT molecular complexity index is 768. The summed E-state index contributed by atoms with van der Waals surface area (Å²) in [6.07, 6.45) is 5.15. The first kappa shape index (κ1) is 13.5. The highest BCUT2D eigenvalue weighted by atomic mass is 35.5. The lowest BCUT2D eigenvalue weighted by atomic mass is 10.1. The molecule has 0 unspecified atom stereocenters. The first-order valence-corrected chi connectivity index (χ1v) is 6.84. The molecule has 0 bridgehead atoms. The minimum Gasteiger partial charge on any atom is -0.292 e. The SMILES string of the molecule is O=C(Cc1ccncc1Cl)c1ccn(-c2ccccc2)n1. The Morgan fingerprint density at radius 3 is 2.71 bits per heavy atom. The molecule has 0 aliphatic carbocycles. The van der Waals surface area contributed by atoms with Crippen molar-refractivity contribution in [1.82, 2.24) is 14.8 Å². The van der Waals surface area contributed by atoms with Crippen LogP contribution in [0.25, 0.3) is 5.69 Å². The monoisotopic (exact) mass is 297 g/mol. The second kappa shape index (κ2) is 5.89. The third-order valence-corrected chi connectivity index (χ3v) is 3.44. The third-order valence-electron chi connectivity index (χ3n) is 3.10. The van der Waals surface area contributed by atoms with Crippen molar-refractivity contribution in [3.05, 3.63) is 77.3 Å². The molecule has 104 valence electrons. The number of aromatic nitrogens is 3. The van der Waals surface area contributed by atoms with E-state index in [0.29, 0.717) is 10.7 Å². The number of hydrogen-bond acceptors (Lipinski definition) is 3. The Kier molecular flexibility index (Phi) is 3.79. The zero-order valence-electron chi connectivity index (χ0n) is 11.1. The van der Waals surface area contributed by atoms with Crippen molar-refractivity contribution in [3.8, 4) is 5.69 Å². The lowest BCUT2D eigenvalue weighted by Gasteiger charge is -2.02. The molecule has 2 heterocycles. The average Bonchev–Trinajstić information content (AvgIpc) is 3.00. The second-order valence-corrected chi connectivity index (χ2v) is 4.96. The summed E-state index contributed by atoms with van der Waals surface area (Å²) in [6.45, 7) is 0. The highest BCUT2D eigenvalue weighted by molar-refractivity contribution is 6.31. The van der Waals surface area contributed by atoms with Crippen molar-refractivity contribution in [2.75, 3.05) is 0 Å². The maximum Gasteiger partial charge on any atom is 0.187 e. The molecule has 0 aliphatic heterocycles. The van der Waals surface area contributed by atoms with Crippen molar-refractivity contribution in [2.45, 2.75) is 6.42 Å². The minimum absolute atomic E-state index is 0.0715. The van der Waals surface area contributed by atoms with Crippen molar-refractivity contribution < 1.29 is 4.79 Å². The van der Waals surface area contributed by atoms with Crippen molar-refractivity contribution in [3.63, 3.8) is 0 Å². The van der Waals surface area contributed by atoms with E-state index < -0.39 is 0 Å². The van der Waals surface area contributed by atoms with Gasteiger partial charge in [0.2, 0.25) is 0 Å². The summed E-state index contributed by atoms with van der Waals surface area (Å²) in [5.74, 6) is -0.0715. The number of pyridine rings is 1. The van der Waals surface area contributed by atoms with Crippen LogP contribution in [0.15, 0.2) is 61.1 Å². The van der Waals surface area contributed by atoms with Crippen LogP contribution in [0.3, 0.4) is 0 Å². The molecular formula is C16H12ClN3O. The summed E-state index contributed by atoms with van der Waals surface area (Å²) in [5.41, 5.74) is 2.09. The summed E-state index contributed by atoms with van der Waals surface area (Å²) in [4.78, 5) is 16.2. The van der Waals surface area contributed by atoms with E-state index in [9.17, 15) is 4.79 Å². The fourth-order valence-electron chi connectivity index (χ4n) is 2.01. The predicted molar refractivity (Wildman–Crippen MR) is 80.8 cm³/mol. The summed E-state index contributed by atoms with van der Waals surface area (Å²) in [7, 11) is 0. The fraction of sp³-hybridized carbons (Fsp3) is 0.0625. The summed E-state index contributed by atoms with van der Waals surface area (Å²) >= 11 is 6.02. The number of nitrogens with zero attached hydrogens (tertiary/aromatic N) is 3. The maximum absolute atomic E-state index is 12.3. The summed E-state index contributed by atoms with van der Waals surface area (Å²) in [6, 6.07) is 13.1. The van der Waals surface area contributed by atoms with Crippen LogP contribution >= 0.6 is 11.6 Å². The van der Waals surface area contributed by atoms with Gasteiger partial charge >= 0.3 is 0 Å². The molecule has 0 saturated heterocycles. The quantitative estimate of drug-likeness (QED) is 0.694. The minimum atomic E-state index is -0.0715. The number of rotatable bonds is 4. The van der Waals surface area contributed by atoms with Gasteiger partial charge in [-0.15, -0.1) is 0 Å². The molecule has 2 aromatic heterocycles. The Morgan fingerprint density at radius 2 is 1.95 bits per heavy atom. The molecular weight excluding hydrogens is 286 g/mol. The number of carbonyl (C=O) groups is 1. The van der Waals surface area contributed by atoms with E-state index in [-0.39, 0.29) is 12.2 Å². The normalized spacial score (nSPS) is 10.5. The molecule has 1 aromatic carbocycles. The van der Waals surface area contributed by atoms with E-state index in [1.165, 1.54) is 6.20 Å². The molecule has 5 heteroatoms. The van der Waals surface area contributed by atoms with Gasteiger partial charge < -0.3 is 0 Å². The lowest BCUT2D eigenvalue weighted by molar-refractivity contribution is 0.0988. The van der Waals surface area contributed by atoms with Crippen LogP contribution < -0.4 is 0 Å². The van der Waals surface area contributed by atoms with E-state index in [4.69, 9.17) is 11.6 Å². The number of Topliss-reactive ketones (excluding diaryl/α,β-unsaturated/α-hetero) is 1. The number of halogens is 1. The zero-order chi connectivity index (χ0) is 14.7. The number of benzene rings is 1. The molecule has 0 saturated carbocycles.